The fraction of sp³-hybridized carbons (Fsp3) is 0.462. The van der Waals surface area contributed by atoms with Crippen LogP contribution in [0.3, 0.4) is 0 Å². The highest BCUT2D eigenvalue weighted by Gasteiger charge is 2.21. The molecule has 0 aliphatic rings. The lowest BCUT2D eigenvalue weighted by Gasteiger charge is -2.24. The Morgan fingerprint density at radius 3 is 2.60 bits per heavy atom. The lowest BCUT2D eigenvalue weighted by atomic mass is 9.81. The van der Waals surface area contributed by atoms with E-state index >= 15 is 0 Å². The number of rotatable bonds is 3. The molecule has 0 aliphatic heterocycles. The van der Waals surface area contributed by atoms with Crippen LogP contribution in [0.4, 0.5) is 5.69 Å². The van der Waals surface area contributed by atoms with Crippen LogP contribution in [0.1, 0.15) is 38.3 Å². The van der Waals surface area contributed by atoms with Gasteiger partial charge >= 0.3 is 0 Å². The number of hydrogen-bond acceptors (Lipinski definition) is 2. The van der Waals surface area contributed by atoms with Crippen molar-refractivity contribution in [2.24, 2.45) is 4.99 Å². The van der Waals surface area contributed by atoms with Crippen molar-refractivity contribution in [3.63, 3.8) is 0 Å². The molecule has 0 unspecified atom stereocenters. The highest BCUT2D eigenvalue weighted by Crippen LogP contribution is 2.34. The van der Waals surface area contributed by atoms with E-state index in [1.54, 1.807) is 6.08 Å². The smallest absolute Gasteiger partial charge is 0.211 e. The van der Waals surface area contributed by atoms with Crippen molar-refractivity contribution >= 4 is 11.8 Å². The molecule has 0 saturated carbocycles. The van der Waals surface area contributed by atoms with Gasteiger partial charge in [-0.25, -0.2) is 4.79 Å². The van der Waals surface area contributed by atoms with Gasteiger partial charge in [0.1, 0.15) is 0 Å². The molecular formula is C13H17NO. The number of hydrogen-bond donors (Lipinski definition) is 0. The lowest BCUT2D eigenvalue weighted by Crippen LogP contribution is -2.15. The summed E-state index contributed by atoms with van der Waals surface area (Å²) in [4.78, 5) is 14.1. The molecular weight excluding hydrogens is 186 g/mol. The Hall–Kier alpha value is -1.40. The summed E-state index contributed by atoms with van der Waals surface area (Å²) in [5.74, 6) is 0. The number of benzene rings is 1. The first kappa shape index (κ1) is 11.7. The van der Waals surface area contributed by atoms with Crippen LogP contribution < -0.4 is 0 Å². The van der Waals surface area contributed by atoms with Crippen LogP contribution in [0, 0.1) is 6.92 Å². The average molecular weight is 203 g/mol. The fourth-order valence-electron chi connectivity index (χ4n) is 1.55. The summed E-state index contributed by atoms with van der Waals surface area (Å²) in [6.07, 6.45) is 2.63. The lowest BCUT2D eigenvalue weighted by molar-refractivity contribution is 0.507. The van der Waals surface area contributed by atoms with E-state index in [1.807, 2.05) is 13.0 Å². The quantitative estimate of drug-likeness (QED) is 0.544. The van der Waals surface area contributed by atoms with Gasteiger partial charge in [0.25, 0.3) is 0 Å². The highest BCUT2D eigenvalue weighted by molar-refractivity contribution is 5.57. The predicted octanol–water partition coefficient (Wildman–Crippen LogP) is 3.65. The van der Waals surface area contributed by atoms with Crippen LogP contribution in [0.2, 0.25) is 0 Å². The Morgan fingerprint density at radius 2 is 2.07 bits per heavy atom. The molecule has 2 nitrogen and oxygen atoms in total. The van der Waals surface area contributed by atoms with E-state index in [2.05, 4.69) is 37.9 Å². The fourth-order valence-corrected chi connectivity index (χ4v) is 1.55. The first-order chi connectivity index (χ1) is 7.01. The number of isocyanates is 1. The van der Waals surface area contributed by atoms with E-state index in [4.69, 9.17) is 0 Å². The molecule has 1 rings (SSSR count). The zero-order valence-corrected chi connectivity index (χ0v) is 9.79. The van der Waals surface area contributed by atoms with Gasteiger partial charge in [0.05, 0.1) is 5.69 Å². The van der Waals surface area contributed by atoms with E-state index in [0.717, 1.165) is 23.2 Å². The Morgan fingerprint density at radius 1 is 1.40 bits per heavy atom. The molecule has 15 heavy (non-hydrogen) atoms. The SMILES string of the molecule is CCC(C)(C)c1ccc(C)cc1N=C=O. The minimum Gasteiger partial charge on any atom is -0.211 e. The minimum atomic E-state index is 0.0450. The Kier molecular flexibility index (Phi) is 3.43. The van der Waals surface area contributed by atoms with E-state index in [9.17, 15) is 4.79 Å². The number of nitrogens with zero attached hydrogens (tertiary/aromatic N) is 1. The summed E-state index contributed by atoms with van der Waals surface area (Å²) >= 11 is 0. The largest absolute Gasteiger partial charge is 0.240 e. The maximum atomic E-state index is 10.4. The van der Waals surface area contributed by atoms with Crippen molar-refractivity contribution < 1.29 is 4.79 Å². The molecule has 1 aromatic rings. The molecule has 0 amide bonds. The first-order valence-corrected chi connectivity index (χ1v) is 5.20. The van der Waals surface area contributed by atoms with Crippen LogP contribution in [-0.2, 0) is 10.2 Å². The normalized spacial score (nSPS) is 10.9. The highest BCUT2D eigenvalue weighted by atomic mass is 16.1. The van der Waals surface area contributed by atoms with Crippen molar-refractivity contribution in [1.29, 1.82) is 0 Å². The molecule has 0 atom stereocenters. The summed E-state index contributed by atoms with van der Waals surface area (Å²) in [6, 6.07) is 6.03. The second kappa shape index (κ2) is 4.41. The molecule has 0 heterocycles. The molecule has 0 saturated heterocycles. The monoisotopic (exact) mass is 203 g/mol. The molecule has 0 fully saturated rings. The topological polar surface area (TPSA) is 29.4 Å². The third-order valence-electron chi connectivity index (χ3n) is 2.93. The molecule has 0 aromatic heterocycles. The Balaban J connectivity index is 3.34. The second-order valence-electron chi connectivity index (χ2n) is 4.46. The molecule has 80 valence electrons. The number of aryl methyl sites for hydroxylation is 1. The van der Waals surface area contributed by atoms with Gasteiger partial charge in [-0.2, -0.15) is 4.99 Å². The van der Waals surface area contributed by atoms with Gasteiger partial charge in [-0.05, 0) is 36.0 Å². The van der Waals surface area contributed by atoms with Crippen molar-refractivity contribution in [2.75, 3.05) is 0 Å². The number of aliphatic imine (C=N–C) groups is 1. The molecule has 0 N–H and O–H groups in total. The molecule has 2 heteroatoms. The van der Waals surface area contributed by atoms with E-state index in [1.165, 1.54) is 0 Å². The van der Waals surface area contributed by atoms with E-state index in [-0.39, 0.29) is 5.41 Å². The second-order valence-corrected chi connectivity index (χ2v) is 4.46. The summed E-state index contributed by atoms with van der Waals surface area (Å²) in [6.45, 7) is 8.43. The summed E-state index contributed by atoms with van der Waals surface area (Å²) in [7, 11) is 0. The van der Waals surface area contributed by atoms with Crippen molar-refractivity contribution in [3.8, 4) is 0 Å². The minimum absolute atomic E-state index is 0.0450. The van der Waals surface area contributed by atoms with Crippen LogP contribution >= 0.6 is 0 Å². The maximum absolute atomic E-state index is 10.4. The first-order valence-electron chi connectivity index (χ1n) is 5.20. The summed E-state index contributed by atoms with van der Waals surface area (Å²) in [5.41, 5.74) is 3.01. The van der Waals surface area contributed by atoms with E-state index < -0.39 is 0 Å². The summed E-state index contributed by atoms with van der Waals surface area (Å²) in [5, 5.41) is 0. The summed E-state index contributed by atoms with van der Waals surface area (Å²) < 4.78 is 0. The third-order valence-corrected chi connectivity index (χ3v) is 2.93. The van der Waals surface area contributed by atoms with Crippen LogP contribution in [0.5, 0.6) is 0 Å². The van der Waals surface area contributed by atoms with Crippen LogP contribution in [0.15, 0.2) is 23.2 Å². The predicted molar refractivity (Wildman–Crippen MR) is 62.3 cm³/mol. The molecule has 0 radical (unpaired) electrons. The zero-order chi connectivity index (χ0) is 11.5. The third kappa shape index (κ3) is 2.54. The van der Waals surface area contributed by atoms with Gasteiger partial charge in [0.15, 0.2) is 0 Å². The molecule has 1 aromatic carbocycles. The van der Waals surface area contributed by atoms with Crippen molar-refractivity contribution in [1.82, 2.24) is 0 Å². The van der Waals surface area contributed by atoms with Gasteiger partial charge < -0.3 is 0 Å². The van der Waals surface area contributed by atoms with Crippen molar-refractivity contribution in [2.45, 2.75) is 39.5 Å². The Bertz CT molecular complexity index is 401. The van der Waals surface area contributed by atoms with Crippen LogP contribution in [0.25, 0.3) is 0 Å². The van der Waals surface area contributed by atoms with E-state index in [0.29, 0.717) is 0 Å². The zero-order valence-electron chi connectivity index (χ0n) is 9.79. The number of carbonyl (C=O) groups excluding carboxylic acids is 1. The molecule has 0 bridgehead atoms. The molecule has 0 spiro atoms. The van der Waals surface area contributed by atoms with Gasteiger partial charge in [-0.1, -0.05) is 32.9 Å². The standard InChI is InChI=1S/C13H17NO/c1-5-13(3,4)11-7-6-10(2)8-12(11)14-9-15/h6-8H,5H2,1-4H3. The Labute approximate surface area is 91.0 Å². The van der Waals surface area contributed by atoms with Gasteiger partial charge in [0.2, 0.25) is 6.08 Å². The maximum Gasteiger partial charge on any atom is 0.240 e. The van der Waals surface area contributed by atoms with Gasteiger partial charge in [0, 0.05) is 0 Å². The molecule has 0 aliphatic carbocycles. The van der Waals surface area contributed by atoms with Gasteiger partial charge in [-0.15, -0.1) is 0 Å². The average Bonchev–Trinajstić information content (AvgIpc) is 2.18. The van der Waals surface area contributed by atoms with Crippen LogP contribution in [-0.4, -0.2) is 6.08 Å². The van der Waals surface area contributed by atoms with Crippen molar-refractivity contribution in [3.05, 3.63) is 29.3 Å². The van der Waals surface area contributed by atoms with Gasteiger partial charge in [-0.3, -0.25) is 0 Å².